The Hall–Kier alpha value is -2.24. The first-order chi connectivity index (χ1) is 11.6. The number of hydrogen-bond acceptors (Lipinski definition) is 4. The third-order valence-electron chi connectivity index (χ3n) is 5.03. The lowest BCUT2D eigenvalue weighted by atomic mass is 9.96. The highest BCUT2D eigenvalue weighted by Gasteiger charge is 2.32. The van der Waals surface area contributed by atoms with Crippen LogP contribution in [0.2, 0.25) is 0 Å². The lowest BCUT2D eigenvalue weighted by Gasteiger charge is -2.39. The van der Waals surface area contributed by atoms with E-state index in [0.717, 1.165) is 25.1 Å². The number of nitrogens with zero attached hydrogens (tertiary/aromatic N) is 3. The molecule has 0 aliphatic carbocycles. The third-order valence-corrected chi connectivity index (χ3v) is 5.03. The zero-order valence-electron chi connectivity index (χ0n) is 14.1. The highest BCUT2D eigenvalue weighted by molar-refractivity contribution is 5.81. The summed E-state index contributed by atoms with van der Waals surface area (Å²) in [4.78, 5) is 30.1. The van der Waals surface area contributed by atoms with Crippen LogP contribution in [0.3, 0.4) is 0 Å². The van der Waals surface area contributed by atoms with Crippen LogP contribution in [0.1, 0.15) is 19.8 Å². The molecule has 1 N–H and O–H groups in total. The molecule has 1 aromatic rings. The van der Waals surface area contributed by atoms with Crippen LogP contribution in [0, 0.1) is 5.92 Å². The van der Waals surface area contributed by atoms with Gasteiger partial charge in [0.15, 0.2) is 0 Å². The van der Waals surface area contributed by atoms with Crippen LogP contribution in [-0.2, 0) is 9.59 Å². The molecule has 2 fully saturated rings. The summed E-state index contributed by atoms with van der Waals surface area (Å²) in [5, 5.41) is 9.96. The van der Waals surface area contributed by atoms with Crippen molar-refractivity contribution < 1.29 is 14.7 Å². The van der Waals surface area contributed by atoms with E-state index in [2.05, 4.69) is 4.90 Å². The quantitative estimate of drug-likeness (QED) is 0.887. The number of carbonyl (C=O) groups excluding carboxylic acids is 2. The minimum atomic E-state index is -0.0701. The topological polar surface area (TPSA) is 64.1 Å². The summed E-state index contributed by atoms with van der Waals surface area (Å²) in [6.45, 7) is 5.62. The number of piperidine rings is 1. The van der Waals surface area contributed by atoms with E-state index in [4.69, 9.17) is 0 Å². The van der Waals surface area contributed by atoms with E-state index in [1.54, 1.807) is 17.9 Å². The number of anilines is 1. The van der Waals surface area contributed by atoms with Crippen molar-refractivity contribution in [2.24, 2.45) is 5.92 Å². The molecular formula is C18H25N3O3. The number of carbonyl (C=O) groups is 2. The summed E-state index contributed by atoms with van der Waals surface area (Å²) >= 11 is 0. The molecule has 1 aromatic carbocycles. The highest BCUT2D eigenvalue weighted by atomic mass is 16.3. The lowest BCUT2D eigenvalue weighted by Crippen LogP contribution is -2.53. The van der Waals surface area contributed by atoms with Gasteiger partial charge in [0, 0.05) is 46.2 Å². The van der Waals surface area contributed by atoms with Gasteiger partial charge in [-0.05, 0) is 25.0 Å². The minimum Gasteiger partial charge on any atom is -0.506 e. The molecule has 2 saturated heterocycles. The normalized spacial score (nSPS) is 21.7. The van der Waals surface area contributed by atoms with Gasteiger partial charge in [-0.2, -0.15) is 0 Å². The molecule has 3 rings (SSSR count). The average molecular weight is 331 g/mol. The standard InChI is InChI=1S/C18H25N3O3/c1-14(22)21-8-4-5-15(13-21)18(24)20-11-9-19(10-12-20)16-6-2-3-7-17(16)23/h2-3,6-7,15,23H,4-5,8-13H2,1H3. The molecule has 0 bridgehead atoms. The van der Waals surface area contributed by atoms with Crippen molar-refractivity contribution in [3.05, 3.63) is 24.3 Å². The van der Waals surface area contributed by atoms with E-state index in [0.29, 0.717) is 32.7 Å². The molecule has 130 valence electrons. The number of aromatic hydroxyl groups is 1. The second kappa shape index (κ2) is 7.11. The predicted molar refractivity (Wildman–Crippen MR) is 91.9 cm³/mol. The molecule has 2 amide bonds. The van der Waals surface area contributed by atoms with Gasteiger partial charge in [0.1, 0.15) is 5.75 Å². The fourth-order valence-electron chi connectivity index (χ4n) is 3.62. The van der Waals surface area contributed by atoms with Crippen LogP contribution in [0.4, 0.5) is 5.69 Å². The van der Waals surface area contributed by atoms with E-state index in [1.807, 2.05) is 23.1 Å². The first kappa shape index (κ1) is 16.6. The predicted octanol–water partition coefficient (Wildman–Crippen LogP) is 1.30. The SMILES string of the molecule is CC(=O)N1CCCC(C(=O)N2CCN(c3ccccc3O)CC2)C1. The number of para-hydroxylation sites is 2. The van der Waals surface area contributed by atoms with Gasteiger partial charge >= 0.3 is 0 Å². The number of amides is 2. The Bertz CT molecular complexity index is 611. The molecular weight excluding hydrogens is 306 g/mol. The summed E-state index contributed by atoms with van der Waals surface area (Å²) < 4.78 is 0. The maximum atomic E-state index is 12.8. The van der Waals surface area contributed by atoms with Crippen LogP contribution in [0.25, 0.3) is 0 Å². The maximum absolute atomic E-state index is 12.8. The number of benzene rings is 1. The summed E-state index contributed by atoms with van der Waals surface area (Å²) in [6, 6.07) is 7.30. The molecule has 6 heteroatoms. The van der Waals surface area contributed by atoms with Crippen molar-refractivity contribution in [1.29, 1.82) is 0 Å². The summed E-state index contributed by atoms with van der Waals surface area (Å²) in [5.41, 5.74) is 0.824. The van der Waals surface area contributed by atoms with Crippen molar-refractivity contribution >= 4 is 17.5 Å². The Morgan fingerprint density at radius 1 is 1.04 bits per heavy atom. The molecule has 0 saturated carbocycles. The van der Waals surface area contributed by atoms with E-state index in [1.165, 1.54) is 0 Å². The van der Waals surface area contributed by atoms with Crippen LogP contribution in [-0.4, -0.2) is 66.0 Å². The van der Waals surface area contributed by atoms with Gasteiger partial charge in [-0.3, -0.25) is 9.59 Å². The first-order valence-electron chi connectivity index (χ1n) is 8.63. The van der Waals surface area contributed by atoms with E-state index < -0.39 is 0 Å². The molecule has 0 aromatic heterocycles. The second-order valence-corrected chi connectivity index (χ2v) is 6.61. The molecule has 6 nitrogen and oxygen atoms in total. The third kappa shape index (κ3) is 3.47. The van der Waals surface area contributed by atoms with Crippen molar-refractivity contribution in [3.8, 4) is 5.75 Å². The number of piperazine rings is 1. The van der Waals surface area contributed by atoms with Gasteiger partial charge in [0.25, 0.3) is 0 Å². The Morgan fingerprint density at radius 2 is 1.75 bits per heavy atom. The van der Waals surface area contributed by atoms with Crippen LogP contribution in [0.15, 0.2) is 24.3 Å². The zero-order chi connectivity index (χ0) is 17.1. The van der Waals surface area contributed by atoms with Crippen molar-refractivity contribution in [2.75, 3.05) is 44.2 Å². The monoisotopic (exact) mass is 331 g/mol. The van der Waals surface area contributed by atoms with Gasteiger partial charge in [-0.15, -0.1) is 0 Å². The lowest BCUT2D eigenvalue weighted by molar-refractivity contribution is -0.140. The van der Waals surface area contributed by atoms with Crippen LogP contribution < -0.4 is 4.90 Å². The Labute approximate surface area is 142 Å². The number of hydrogen-bond donors (Lipinski definition) is 1. The fourth-order valence-corrected chi connectivity index (χ4v) is 3.62. The zero-order valence-corrected chi connectivity index (χ0v) is 14.1. The van der Waals surface area contributed by atoms with E-state index in [9.17, 15) is 14.7 Å². The van der Waals surface area contributed by atoms with Gasteiger partial charge in [-0.1, -0.05) is 12.1 Å². The molecule has 24 heavy (non-hydrogen) atoms. The van der Waals surface area contributed by atoms with Gasteiger partial charge in [0.05, 0.1) is 11.6 Å². The van der Waals surface area contributed by atoms with Gasteiger partial charge in [0.2, 0.25) is 11.8 Å². The van der Waals surface area contributed by atoms with E-state index in [-0.39, 0.29) is 23.5 Å². The molecule has 2 aliphatic rings. The van der Waals surface area contributed by atoms with E-state index >= 15 is 0 Å². The van der Waals surface area contributed by atoms with Gasteiger partial charge in [-0.25, -0.2) is 0 Å². The average Bonchev–Trinajstić information content (AvgIpc) is 2.62. The maximum Gasteiger partial charge on any atom is 0.227 e. The van der Waals surface area contributed by atoms with Crippen molar-refractivity contribution in [2.45, 2.75) is 19.8 Å². The summed E-state index contributed by atoms with van der Waals surface area (Å²) in [7, 11) is 0. The molecule has 0 spiro atoms. The molecule has 2 aliphatic heterocycles. The molecule has 1 unspecified atom stereocenters. The van der Waals surface area contributed by atoms with Crippen LogP contribution in [0.5, 0.6) is 5.75 Å². The number of likely N-dealkylation sites (tertiary alicyclic amines) is 1. The highest BCUT2D eigenvalue weighted by Crippen LogP contribution is 2.28. The Kier molecular flexibility index (Phi) is 4.92. The van der Waals surface area contributed by atoms with Crippen molar-refractivity contribution in [1.82, 2.24) is 9.80 Å². The van der Waals surface area contributed by atoms with Gasteiger partial charge < -0.3 is 19.8 Å². The largest absolute Gasteiger partial charge is 0.506 e. The van der Waals surface area contributed by atoms with Crippen LogP contribution >= 0.6 is 0 Å². The number of phenols is 1. The molecule has 2 heterocycles. The Balaban J connectivity index is 1.57. The fraction of sp³-hybridized carbons (Fsp3) is 0.556. The first-order valence-corrected chi connectivity index (χ1v) is 8.63. The summed E-state index contributed by atoms with van der Waals surface area (Å²) in [6.07, 6.45) is 1.76. The molecule has 1 atom stereocenters. The second-order valence-electron chi connectivity index (χ2n) is 6.61. The van der Waals surface area contributed by atoms with Crippen molar-refractivity contribution in [3.63, 3.8) is 0 Å². The minimum absolute atomic E-state index is 0.0527. The number of rotatable bonds is 2. The summed E-state index contributed by atoms with van der Waals surface area (Å²) in [5.74, 6) is 0.427. The smallest absolute Gasteiger partial charge is 0.227 e. The number of phenolic OH excluding ortho intramolecular Hbond substituents is 1. The Morgan fingerprint density at radius 3 is 2.42 bits per heavy atom. The molecule has 0 radical (unpaired) electrons.